The van der Waals surface area contributed by atoms with E-state index in [1.807, 2.05) is 60.5 Å². The molecule has 0 aliphatic rings. The summed E-state index contributed by atoms with van der Waals surface area (Å²) in [5.41, 5.74) is -0.723. The molecule has 1 aromatic rings. The number of thiazole rings is 1. The van der Waals surface area contributed by atoms with E-state index >= 15 is 0 Å². The van der Waals surface area contributed by atoms with Crippen LogP contribution in [0.5, 0.6) is 0 Å². The van der Waals surface area contributed by atoms with Crippen molar-refractivity contribution in [2.45, 2.75) is 91.8 Å². The van der Waals surface area contributed by atoms with Gasteiger partial charge in [0.15, 0.2) is 17.6 Å². The van der Waals surface area contributed by atoms with Gasteiger partial charge in [-0.05, 0) is 46.2 Å². The highest BCUT2D eigenvalue weighted by Crippen LogP contribution is 2.32. The SMILES string of the molecule is CC[C@H](C)[C@H](CCC(=O)C(C)(C)N(C)C)C(=O)N(C)[C@H](CC(OC(C)=O)c1nc(C(=O)O)cs1)C(C)C. The van der Waals surface area contributed by atoms with E-state index in [0.29, 0.717) is 17.8 Å². The molecule has 1 rings (SSSR count). The summed E-state index contributed by atoms with van der Waals surface area (Å²) < 4.78 is 5.54. The monoisotopic (exact) mass is 539 g/mol. The fraction of sp³-hybridized carbons (Fsp3) is 0.741. The number of likely N-dealkylation sites (N-methyl/N-ethyl adjacent to an activating group) is 1. The topological polar surface area (TPSA) is 117 Å². The third-order valence-electron chi connectivity index (χ3n) is 7.53. The summed E-state index contributed by atoms with van der Waals surface area (Å²) >= 11 is 1.12. The van der Waals surface area contributed by atoms with E-state index in [1.54, 1.807) is 11.9 Å². The van der Waals surface area contributed by atoms with Crippen LogP contribution in [-0.2, 0) is 19.1 Å². The summed E-state index contributed by atoms with van der Waals surface area (Å²) in [5.74, 6) is -1.83. The van der Waals surface area contributed by atoms with Gasteiger partial charge in [-0.25, -0.2) is 9.78 Å². The Bertz CT molecular complexity index is 942. The largest absolute Gasteiger partial charge is 0.476 e. The van der Waals surface area contributed by atoms with Crippen molar-refractivity contribution < 1.29 is 29.0 Å². The van der Waals surface area contributed by atoms with Gasteiger partial charge in [0, 0.05) is 44.2 Å². The first-order valence-corrected chi connectivity index (χ1v) is 13.8. The maximum absolute atomic E-state index is 13.8. The van der Waals surface area contributed by atoms with Crippen LogP contribution in [0.3, 0.4) is 0 Å². The predicted molar refractivity (Wildman–Crippen MR) is 145 cm³/mol. The van der Waals surface area contributed by atoms with Crippen molar-refractivity contribution in [1.82, 2.24) is 14.8 Å². The lowest BCUT2D eigenvalue weighted by molar-refractivity contribution is -0.149. The van der Waals surface area contributed by atoms with E-state index in [1.165, 1.54) is 12.3 Å². The molecule has 210 valence electrons. The Labute approximate surface area is 225 Å². The molecule has 0 aliphatic heterocycles. The van der Waals surface area contributed by atoms with Gasteiger partial charge >= 0.3 is 11.9 Å². The average Bonchev–Trinajstić information content (AvgIpc) is 3.30. The first-order valence-electron chi connectivity index (χ1n) is 12.9. The number of aromatic carboxylic acids is 1. The molecular weight excluding hydrogens is 494 g/mol. The van der Waals surface area contributed by atoms with Crippen molar-refractivity contribution in [1.29, 1.82) is 0 Å². The van der Waals surface area contributed by atoms with Crippen LogP contribution in [0, 0.1) is 17.8 Å². The highest BCUT2D eigenvalue weighted by atomic mass is 32.1. The van der Waals surface area contributed by atoms with Gasteiger partial charge < -0.3 is 14.7 Å². The van der Waals surface area contributed by atoms with Crippen LogP contribution in [-0.4, -0.2) is 76.2 Å². The van der Waals surface area contributed by atoms with E-state index in [9.17, 15) is 24.3 Å². The van der Waals surface area contributed by atoms with Crippen molar-refractivity contribution in [3.05, 3.63) is 16.1 Å². The first kappa shape index (κ1) is 32.7. The van der Waals surface area contributed by atoms with Crippen molar-refractivity contribution in [3.8, 4) is 0 Å². The summed E-state index contributed by atoms with van der Waals surface area (Å²) in [4.78, 5) is 57.7. The van der Waals surface area contributed by atoms with Crippen LogP contribution in [0.2, 0.25) is 0 Å². The number of ether oxygens (including phenoxy) is 1. The second-order valence-corrected chi connectivity index (χ2v) is 11.8. The molecule has 0 aromatic carbocycles. The number of aromatic nitrogens is 1. The molecule has 10 heteroatoms. The molecule has 1 amide bonds. The van der Waals surface area contributed by atoms with E-state index in [0.717, 1.165) is 17.8 Å². The number of nitrogens with zero attached hydrogens (tertiary/aromatic N) is 3. The molecule has 0 bridgehead atoms. The van der Waals surface area contributed by atoms with Crippen LogP contribution in [0.1, 0.15) is 95.7 Å². The van der Waals surface area contributed by atoms with Crippen molar-refractivity contribution in [2.75, 3.05) is 21.1 Å². The molecule has 4 atom stereocenters. The van der Waals surface area contributed by atoms with Crippen LogP contribution < -0.4 is 0 Å². The number of amides is 1. The molecule has 0 fully saturated rings. The Hall–Kier alpha value is -2.33. The van der Waals surface area contributed by atoms with Gasteiger partial charge in [0.25, 0.3) is 0 Å². The van der Waals surface area contributed by atoms with Crippen molar-refractivity contribution >= 4 is 35.0 Å². The van der Waals surface area contributed by atoms with Gasteiger partial charge in [0.2, 0.25) is 5.91 Å². The molecule has 0 spiro atoms. The molecule has 1 aromatic heterocycles. The molecule has 1 heterocycles. The van der Waals surface area contributed by atoms with Gasteiger partial charge in [0.05, 0.1) is 5.54 Å². The Morgan fingerprint density at radius 2 is 1.73 bits per heavy atom. The Morgan fingerprint density at radius 1 is 1.14 bits per heavy atom. The van der Waals surface area contributed by atoms with Crippen LogP contribution in [0.15, 0.2) is 5.38 Å². The summed E-state index contributed by atoms with van der Waals surface area (Å²) in [7, 11) is 5.50. The van der Waals surface area contributed by atoms with Gasteiger partial charge in [-0.2, -0.15) is 0 Å². The minimum absolute atomic E-state index is 0.0257. The quantitative estimate of drug-likeness (QED) is 0.320. The number of carboxylic acid groups (broad SMARTS) is 1. The number of hydrogen-bond acceptors (Lipinski definition) is 8. The molecule has 9 nitrogen and oxygen atoms in total. The fourth-order valence-electron chi connectivity index (χ4n) is 4.23. The average molecular weight is 540 g/mol. The van der Waals surface area contributed by atoms with Crippen LogP contribution in [0.4, 0.5) is 0 Å². The third-order valence-corrected chi connectivity index (χ3v) is 8.46. The number of esters is 1. The molecule has 37 heavy (non-hydrogen) atoms. The molecule has 0 aliphatic carbocycles. The van der Waals surface area contributed by atoms with Gasteiger partial charge in [0.1, 0.15) is 5.01 Å². The molecule has 1 unspecified atom stereocenters. The minimum Gasteiger partial charge on any atom is -0.476 e. The summed E-state index contributed by atoms with van der Waals surface area (Å²) in [6.45, 7) is 13.1. The number of carboxylic acids is 1. The number of rotatable bonds is 15. The Kier molecular flexibility index (Phi) is 12.4. The first-order chi connectivity index (χ1) is 17.0. The molecule has 0 radical (unpaired) electrons. The zero-order chi connectivity index (χ0) is 28.7. The number of carbonyl (C=O) groups is 4. The smallest absolute Gasteiger partial charge is 0.355 e. The standard InChI is InChI=1S/C27H45N3O6S/c1-11-17(4)19(12-13-23(32)27(6,7)29(8)9)25(33)30(10)21(16(2)3)14-22(36-18(5)31)24-28-20(15-37-24)26(34)35/h15-17,19,21-22H,11-14H2,1-10H3,(H,34,35)/t17-,19-,21+,22?/m0/s1. The van der Waals surface area contributed by atoms with E-state index in [2.05, 4.69) is 4.98 Å². The number of ketones is 1. The summed E-state index contributed by atoms with van der Waals surface area (Å²) in [5, 5.41) is 11.1. The molecule has 1 N–H and O–H groups in total. The van der Waals surface area contributed by atoms with Crippen molar-refractivity contribution in [3.63, 3.8) is 0 Å². The zero-order valence-electron chi connectivity index (χ0n) is 24.0. The normalized spacial score (nSPS) is 15.2. The lowest BCUT2D eigenvalue weighted by atomic mass is 9.83. The maximum atomic E-state index is 13.8. The highest BCUT2D eigenvalue weighted by molar-refractivity contribution is 7.09. The van der Waals surface area contributed by atoms with Crippen molar-refractivity contribution in [2.24, 2.45) is 17.8 Å². The zero-order valence-corrected chi connectivity index (χ0v) is 24.8. The minimum atomic E-state index is -1.15. The van der Waals surface area contributed by atoms with E-state index < -0.39 is 23.6 Å². The summed E-state index contributed by atoms with van der Waals surface area (Å²) in [6, 6.07) is -0.297. The Balaban J connectivity index is 3.19. The third kappa shape index (κ3) is 8.88. The lowest BCUT2D eigenvalue weighted by Gasteiger charge is -2.37. The maximum Gasteiger partial charge on any atom is 0.355 e. The lowest BCUT2D eigenvalue weighted by Crippen LogP contribution is -2.47. The van der Waals surface area contributed by atoms with Gasteiger partial charge in [-0.1, -0.05) is 34.1 Å². The van der Waals surface area contributed by atoms with Crippen LogP contribution >= 0.6 is 11.3 Å². The predicted octanol–water partition coefficient (Wildman–Crippen LogP) is 4.67. The number of hydrogen-bond donors (Lipinski definition) is 1. The summed E-state index contributed by atoms with van der Waals surface area (Å²) in [6.07, 6.45) is 1.07. The van der Waals surface area contributed by atoms with Gasteiger partial charge in [-0.3, -0.25) is 19.3 Å². The van der Waals surface area contributed by atoms with E-state index in [4.69, 9.17) is 4.74 Å². The van der Waals surface area contributed by atoms with E-state index in [-0.39, 0.29) is 47.6 Å². The molecule has 0 saturated carbocycles. The molecule has 0 saturated heterocycles. The second-order valence-electron chi connectivity index (χ2n) is 10.9. The van der Waals surface area contributed by atoms with Crippen LogP contribution in [0.25, 0.3) is 0 Å². The second kappa shape index (κ2) is 14.0. The highest BCUT2D eigenvalue weighted by Gasteiger charge is 2.36. The molecular formula is C27H45N3O6S. The fourth-order valence-corrected chi connectivity index (χ4v) is 5.07. The number of carbonyl (C=O) groups excluding carboxylic acids is 3. The Morgan fingerprint density at radius 3 is 2.16 bits per heavy atom. The van der Waals surface area contributed by atoms with Gasteiger partial charge in [-0.15, -0.1) is 11.3 Å². The number of Topliss-reactive ketones (excluding diaryl/α,β-unsaturated/α-hetero) is 1.